The number of carbonyl (C=O) groups is 1. The van der Waals surface area contributed by atoms with Gasteiger partial charge in [-0.2, -0.15) is 58.4 Å². The van der Waals surface area contributed by atoms with Crippen LogP contribution in [0.4, 0.5) is 48.7 Å². The third-order valence-corrected chi connectivity index (χ3v) is 2.68. The first-order chi connectivity index (χ1) is 11.6. The average molecular weight is 400 g/mol. The molecule has 2 aromatic rings. The molecule has 2 rings (SSSR count). The maximum Gasteiger partial charge on any atom is 0.461 e. The number of nitrogens with zero attached hydrogens (tertiary/aromatic N) is 6. The van der Waals surface area contributed by atoms with Crippen LogP contribution in [0.1, 0.15) is 11.6 Å². The Kier molecular flexibility index (Phi) is 4.24. The topological polar surface area (TPSA) is 78.5 Å². The minimum Gasteiger partial charge on any atom is -0.243 e. The van der Waals surface area contributed by atoms with Gasteiger partial charge in [-0.25, -0.2) is 14.8 Å². The smallest absolute Gasteiger partial charge is 0.243 e. The molecular weight excluding hydrogens is 398 g/mol. The summed E-state index contributed by atoms with van der Waals surface area (Å²) in [5.74, 6) is -17.7. The van der Waals surface area contributed by atoms with Crippen molar-refractivity contribution in [1.29, 1.82) is 0 Å². The van der Waals surface area contributed by atoms with Gasteiger partial charge in [-0.1, -0.05) is 0 Å². The lowest BCUT2D eigenvalue weighted by molar-refractivity contribution is -0.295. The molecule has 7 nitrogen and oxygen atoms in total. The Morgan fingerprint density at radius 3 is 1.85 bits per heavy atom. The van der Waals surface area contributed by atoms with Gasteiger partial charge < -0.3 is 0 Å². The summed E-state index contributed by atoms with van der Waals surface area (Å²) in [4.78, 5) is 16.9. The SMILES string of the molecule is O=C(n1cncn1)n1nc(C(F)(F)C(F)(F)F)nc1C(F)(F)C(F)(F)F. The van der Waals surface area contributed by atoms with Gasteiger partial charge in [-0.05, 0) is 0 Å². The minimum absolute atomic E-state index is 0.0415. The second-order valence-corrected chi connectivity index (χ2v) is 4.44. The highest BCUT2D eigenvalue weighted by molar-refractivity contribution is 5.77. The van der Waals surface area contributed by atoms with Gasteiger partial charge in [0.2, 0.25) is 11.6 Å². The quantitative estimate of drug-likeness (QED) is 0.725. The van der Waals surface area contributed by atoms with Gasteiger partial charge >= 0.3 is 30.2 Å². The van der Waals surface area contributed by atoms with Gasteiger partial charge in [0.25, 0.3) is 0 Å². The van der Waals surface area contributed by atoms with Gasteiger partial charge in [-0.15, -0.1) is 5.10 Å². The second kappa shape index (κ2) is 5.63. The van der Waals surface area contributed by atoms with Crippen molar-refractivity contribution in [3.63, 3.8) is 0 Å². The van der Waals surface area contributed by atoms with Crippen LogP contribution in [-0.4, -0.2) is 47.9 Å². The van der Waals surface area contributed by atoms with Crippen LogP contribution in [0.15, 0.2) is 12.7 Å². The van der Waals surface area contributed by atoms with E-state index in [1.54, 1.807) is 0 Å². The summed E-state index contributed by atoms with van der Waals surface area (Å²) in [6.07, 6.45) is -11.9. The highest BCUT2D eigenvalue weighted by atomic mass is 19.4. The van der Waals surface area contributed by atoms with Crippen molar-refractivity contribution in [3.8, 4) is 0 Å². The van der Waals surface area contributed by atoms with E-state index in [1.165, 1.54) is 0 Å². The highest BCUT2D eigenvalue weighted by Gasteiger charge is 2.66. The van der Waals surface area contributed by atoms with Crippen LogP contribution in [0, 0.1) is 0 Å². The van der Waals surface area contributed by atoms with Crippen LogP contribution in [-0.2, 0) is 11.8 Å². The molecule has 0 aliphatic carbocycles. The zero-order valence-corrected chi connectivity index (χ0v) is 11.5. The molecule has 0 saturated heterocycles. The predicted molar refractivity (Wildman–Crippen MR) is 56.1 cm³/mol. The molecule has 0 atom stereocenters. The third kappa shape index (κ3) is 2.96. The summed E-state index contributed by atoms with van der Waals surface area (Å²) in [7, 11) is 0. The van der Waals surface area contributed by atoms with Crippen molar-refractivity contribution in [1.82, 2.24) is 29.5 Å². The van der Waals surface area contributed by atoms with Gasteiger partial charge in [-0.3, -0.25) is 0 Å². The molecule has 0 aliphatic heterocycles. The first-order valence-corrected chi connectivity index (χ1v) is 5.87. The van der Waals surface area contributed by atoms with E-state index in [2.05, 4.69) is 15.2 Å². The van der Waals surface area contributed by atoms with Crippen LogP contribution >= 0.6 is 0 Å². The normalized spacial score (nSPS) is 13.9. The van der Waals surface area contributed by atoms with E-state index in [0.717, 1.165) is 0 Å². The fourth-order valence-corrected chi connectivity index (χ4v) is 1.44. The van der Waals surface area contributed by atoms with Crippen molar-refractivity contribution in [2.24, 2.45) is 0 Å². The minimum atomic E-state index is -6.48. The fourth-order valence-electron chi connectivity index (χ4n) is 1.44. The first kappa shape index (κ1) is 19.6. The zero-order chi connectivity index (χ0) is 20.1. The molecule has 0 spiro atoms. The Labute approximate surface area is 134 Å². The summed E-state index contributed by atoms with van der Waals surface area (Å²) in [5, 5.41) is 5.23. The standard InChI is InChI=1S/C9H2F10N6O/c10-6(11,8(14,15)16)3-22-4(7(12,13)9(17,18)19)25(23-3)5(26)24-2-20-1-21-24/h1-2H. The molecule has 2 aromatic heterocycles. The lowest BCUT2D eigenvalue weighted by Gasteiger charge is -2.18. The lowest BCUT2D eigenvalue weighted by atomic mass is 10.3. The van der Waals surface area contributed by atoms with Crippen molar-refractivity contribution in [2.75, 3.05) is 0 Å². The number of alkyl halides is 10. The zero-order valence-electron chi connectivity index (χ0n) is 11.5. The van der Waals surface area contributed by atoms with Gasteiger partial charge in [0.15, 0.2) is 0 Å². The number of rotatable bonds is 2. The molecule has 0 radical (unpaired) electrons. The van der Waals surface area contributed by atoms with E-state index < -0.39 is 46.6 Å². The van der Waals surface area contributed by atoms with E-state index in [-0.39, 0.29) is 4.68 Å². The molecule has 2 heterocycles. The molecule has 26 heavy (non-hydrogen) atoms. The Bertz CT molecular complexity index is 804. The third-order valence-electron chi connectivity index (χ3n) is 2.68. The van der Waals surface area contributed by atoms with E-state index in [1.807, 2.05) is 4.98 Å². The monoisotopic (exact) mass is 400 g/mol. The average Bonchev–Trinajstić information content (AvgIpc) is 3.14. The van der Waals surface area contributed by atoms with Crippen LogP contribution in [0.3, 0.4) is 0 Å². The van der Waals surface area contributed by atoms with Crippen LogP contribution in [0.5, 0.6) is 0 Å². The summed E-state index contributed by atoms with van der Waals surface area (Å²) < 4.78 is 127. The maximum atomic E-state index is 13.5. The predicted octanol–water partition coefficient (Wildman–Crippen LogP) is 2.69. The van der Waals surface area contributed by atoms with Crippen LogP contribution < -0.4 is 0 Å². The molecule has 0 saturated carbocycles. The largest absolute Gasteiger partial charge is 0.461 e. The molecule has 0 aromatic carbocycles. The van der Waals surface area contributed by atoms with Gasteiger partial charge in [0.05, 0.1) is 0 Å². The molecule has 144 valence electrons. The number of aromatic nitrogens is 6. The molecule has 0 N–H and O–H groups in total. The summed E-state index contributed by atoms with van der Waals surface area (Å²) >= 11 is 0. The Balaban J connectivity index is 2.72. The number of halogens is 10. The maximum absolute atomic E-state index is 13.5. The van der Waals surface area contributed by atoms with E-state index in [0.29, 0.717) is 12.7 Å². The molecule has 0 bridgehead atoms. The number of hydrogen-bond acceptors (Lipinski definition) is 5. The van der Waals surface area contributed by atoms with Gasteiger partial charge in [0.1, 0.15) is 12.7 Å². The second-order valence-electron chi connectivity index (χ2n) is 4.44. The van der Waals surface area contributed by atoms with E-state index in [4.69, 9.17) is 0 Å². The Morgan fingerprint density at radius 1 is 0.885 bits per heavy atom. The van der Waals surface area contributed by atoms with E-state index in [9.17, 15) is 48.7 Å². The summed E-state index contributed by atoms with van der Waals surface area (Å²) in [6, 6.07) is -2.06. The molecule has 0 unspecified atom stereocenters. The van der Waals surface area contributed by atoms with Crippen molar-refractivity contribution < 1.29 is 48.7 Å². The Hall–Kier alpha value is -2.75. The fraction of sp³-hybridized carbons (Fsp3) is 0.444. The van der Waals surface area contributed by atoms with Crippen molar-refractivity contribution in [2.45, 2.75) is 24.2 Å². The highest BCUT2D eigenvalue weighted by Crippen LogP contribution is 2.46. The van der Waals surface area contributed by atoms with Crippen LogP contribution in [0.2, 0.25) is 0 Å². The summed E-state index contributed by atoms with van der Waals surface area (Å²) in [5.41, 5.74) is 0. The van der Waals surface area contributed by atoms with Crippen LogP contribution in [0.25, 0.3) is 0 Å². The lowest BCUT2D eigenvalue weighted by Crippen LogP contribution is -2.39. The number of carbonyl (C=O) groups excluding carboxylic acids is 1. The van der Waals surface area contributed by atoms with E-state index >= 15 is 0 Å². The number of hydrogen-bond donors (Lipinski definition) is 0. The van der Waals surface area contributed by atoms with Crippen molar-refractivity contribution in [3.05, 3.63) is 24.3 Å². The molecular formula is C9H2F10N6O. The van der Waals surface area contributed by atoms with Crippen molar-refractivity contribution >= 4 is 6.03 Å². The molecule has 17 heteroatoms. The first-order valence-electron chi connectivity index (χ1n) is 5.87. The summed E-state index contributed by atoms with van der Waals surface area (Å²) in [6.45, 7) is 0. The van der Waals surface area contributed by atoms with Gasteiger partial charge in [0, 0.05) is 0 Å². The molecule has 0 fully saturated rings. The Morgan fingerprint density at radius 2 is 1.42 bits per heavy atom. The molecule has 0 amide bonds. The molecule has 0 aliphatic rings.